The number of amides is 1. The molecule has 0 aliphatic rings. The average Bonchev–Trinajstić information content (AvgIpc) is 2.33. The van der Waals surface area contributed by atoms with Crippen molar-refractivity contribution in [1.29, 1.82) is 0 Å². The number of rotatable bonds is 2. The molecule has 0 unspecified atom stereocenters. The van der Waals surface area contributed by atoms with E-state index in [1.165, 1.54) is 24.3 Å². The number of halogens is 3. The van der Waals surface area contributed by atoms with E-state index in [-0.39, 0.29) is 12.2 Å². The SMILES string of the molecule is O=C(NCC(F)(F)F)c1ccc(C#CCO)cc1. The van der Waals surface area contributed by atoms with Crippen LogP contribution in [0.2, 0.25) is 0 Å². The summed E-state index contributed by atoms with van der Waals surface area (Å²) in [5.74, 6) is 4.22. The lowest BCUT2D eigenvalue weighted by atomic mass is 10.1. The molecule has 0 heterocycles. The highest BCUT2D eigenvalue weighted by atomic mass is 19.4. The van der Waals surface area contributed by atoms with E-state index in [1.54, 1.807) is 5.32 Å². The van der Waals surface area contributed by atoms with Gasteiger partial charge >= 0.3 is 6.18 Å². The smallest absolute Gasteiger partial charge is 0.384 e. The first-order valence-corrected chi connectivity index (χ1v) is 4.97. The van der Waals surface area contributed by atoms with Crippen molar-refractivity contribution in [3.8, 4) is 11.8 Å². The Labute approximate surface area is 102 Å². The lowest BCUT2D eigenvalue weighted by molar-refractivity contribution is -0.123. The zero-order valence-electron chi connectivity index (χ0n) is 9.21. The van der Waals surface area contributed by atoms with E-state index in [1.807, 2.05) is 0 Å². The molecule has 3 nitrogen and oxygen atoms in total. The number of hydrogen-bond donors (Lipinski definition) is 2. The van der Waals surface area contributed by atoms with Gasteiger partial charge in [-0.05, 0) is 24.3 Å². The Kier molecular flexibility index (Phi) is 4.75. The summed E-state index contributed by atoms with van der Waals surface area (Å²) in [6.45, 7) is -1.65. The first-order chi connectivity index (χ1) is 8.42. The molecule has 0 aromatic heterocycles. The van der Waals surface area contributed by atoms with Crippen LogP contribution in [0.15, 0.2) is 24.3 Å². The third kappa shape index (κ3) is 4.89. The van der Waals surface area contributed by atoms with E-state index in [9.17, 15) is 18.0 Å². The summed E-state index contributed by atoms with van der Waals surface area (Å²) in [5, 5.41) is 10.2. The van der Waals surface area contributed by atoms with Gasteiger partial charge in [0.1, 0.15) is 13.2 Å². The molecular formula is C12H10F3NO2. The van der Waals surface area contributed by atoms with E-state index in [0.29, 0.717) is 5.56 Å². The summed E-state index contributed by atoms with van der Waals surface area (Å²) in [7, 11) is 0. The van der Waals surface area contributed by atoms with Gasteiger partial charge in [0.25, 0.3) is 5.91 Å². The predicted octanol–water partition coefficient (Wildman–Crippen LogP) is 1.32. The molecule has 0 radical (unpaired) electrons. The monoisotopic (exact) mass is 257 g/mol. The van der Waals surface area contributed by atoms with Crippen LogP contribution in [0, 0.1) is 11.8 Å². The lowest BCUT2D eigenvalue weighted by Gasteiger charge is -2.08. The number of alkyl halides is 3. The molecule has 2 N–H and O–H groups in total. The minimum Gasteiger partial charge on any atom is -0.384 e. The molecule has 0 bridgehead atoms. The summed E-state index contributed by atoms with van der Waals surface area (Å²) in [6.07, 6.45) is -4.43. The number of carbonyl (C=O) groups excluding carboxylic acids is 1. The molecule has 1 rings (SSSR count). The number of nitrogens with one attached hydrogen (secondary N) is 1. The fraction of sp³-hybridized carbons (Fsp3) is 0.250. The van der Waals surface area contributed by atoms with Crippen LogP contribution in [0.4, 0.5) is 13.2 Å². The number of aliphatic hydroxyl groups is 1. The van der Waals surface area contributed by atoms with Gasteiger partial charge in [0.05, 0.1) is 0 Å². The minimum absolute atomic E-state index is 0.119. The van der Waals surface area contributed by atoms with Crippen LogP contribution in [0.5, 0.6) is 0 Å². The topological polar surface area (TPSA) is 49.3 Å². The van der Waals surface area contributed by atoms with Gasteiger partial charge in [0.2, 0.25) is 0 Å². The molecule has 0 saturated heterocycles. The lowest BCUT2D eigenvalue weighted by Crippen LogP contribution is -2.33. The van der Waals surface area contributed by atoms with Crippen molar-refractivity contribution < 1.29 is 23.1 Å². The molecule has 1 amide bonds. The maximum Gasteiger partial charge on any atom is 0.405 e. The molecule has 6 heteroatoms. The van der Waals surface area contributed by atoms with Gasteiger partial charge in [-0.25, -0.2) is 0 Å². The maximum absolute atomic E-state index is 11.9. The molecule has 1 aromatic carbocycles. The van der Waals surface area contributed by atoms with Gasteiger partial charge in [0.15, 0.2) is 0 Å². The molecule has 0 aliphatic carbocycles. The fourth-order valence-corrected chi connectivity index (χ4v) is 1.13. The Balaban J connectivity index is 2.65. The second-order valence-corrected chi connectivity index (χ2v) is 3.34. The second-order valence-electron chi connectivity index (χ2n) is 3.34. The Hall–Kier alpha value is -2.00. The van der Waals surface area contributed by atoms with Crippen LogP contribution >= 0.6 is 0 Å². The Morgan fingerprint density at radius 3 is 2.39 bits per heavy atom. The van der Waals surface area contributed by atoms with Crippen LogP contribution < -0.4 is 5.32 Å². The highest BCUT2D eigenvalue weighted by molar-refractivity contribution is 5.94. The van der Waals surface area contributed by atoms with Gasteiger partial charge in [-0.3, -0.25) is 4.79 Å². The number of hydrogen-bond acceptors (Lipinski definition) is 2. The van der Waals surface area contributed by atoms with E-state index >= 15 is 0 Å². The van der Waals surface area contributed by atoms with Gasteiger partial charge < -0.3 is 10.4 Å². The molecule has 0 aliphatic heterocycles. The average molecular weight is 257 g/mol. The number of carbonyl (C=O) groups is 1. The molecule has 0 fully saturated rings. The number of benzene rings is 1. The number of aliphatic hydroxyl groups excluding tert-OH is 1. The third-order valence-electron chi connectivity index (χ3n) is 1.91. The van der Waals surface area contributed by atoms with Gasteiger partial charge in [-0.1, -0.05) is 11.8 Å². The quantitative estimate of drug-likeness (QED) is 0.785. The van der Waals surface area contributed by atoms with Crippen LogP contribution in [-0.2, 0) is 0 Å². The van der Waals surface area contributed by atoms with Crippen molar-refractivity contribution in [3.05, 3.63) is 35.4 Å². The molecule has 0 saturated carbocycles. The molecule has 18 heavy (non-hydrogen) atoms. The largest absolute Gasteiger partial charge is 0.405 e. The van der Waals surface area contributed by atoms with E-state index < -0.39 is 18.6 Å². The molecular weight excluding hydrogens is 247 g/mol. The Morgan fingerprint density at radius 1 is 1.28 bits per heavy atom. The molecule has 96 valence electrons. The highest BCUT2D eigenvalue weighted by Crippen LogP contribution is 2.12. The third-order valence-corrected chi connectivity index (χ3v) is 1.91. The van der Waals surface area contributed by atoms with Gasteiger partial charge in [-0.15, -0.1) is 0 Å². The molecule has 0 atom stereocenters. The van der Waals surface area contributed by atoms with Crippen molar-refractivity contribution >= 4 is 5.91 Å². The fourth-order valence-electron chi connectivity index (χ4n) is 1.13. The van der Waals surface area contributed by atoms with Crippen LogP contribution in [0.1, 0.15) is 15.9 Å². The summed E-state index contributed by atoms with van der Waals surface area (Å²) < 4.78 is 35.6. The van der Waals surface area contributed by atoms with E-state index in [4.69, 9.17) is 5.11 Å². The van der Waals surface area contributed by atoms with Gasteiger partial charge in [0, 0.05) is 11.1 Å². The van der Waals surface area contributed by atoms with Crippen molar-refractivity contribution in [2.75, 3.05) is 13.2 Å². The van der Waals surface area contributed by atoms with Crippen molar-refractivity contribution in [1.82, 2.24) is 5.32 Å². The predicted molar refractivity (Wildman–Crippen MR) is 58.8 cm³/mol. The zero-order chi connectivity index (χ0) is 13.6. The highest BCUT2D eigenvalue weighted by Gasteiger charge is 2.27. The van der Waals surface area contributed by atoms with Crippen LogP contribution in [0.25, 0.3) is 0 Å². The molecule has 0 spiro atoms. The van der Waals surface area contributed by atoms with Crippen LogP contribution in [-0.4, -0.2) is 30.3 Å². The normalized spacial score (nSPS) is 10.4. The van der Waals surface area contributed by atoms with Crippen molar-refractivity contribution in [3.63, 3.8) is 0 Å². The van der Waals surface area contributed by atoms with Crippen molar-refractivity contribution in [2.45, 2.75) is 6.18 Å². The summed E-state index contributed by atoms with van der Waals surface area (Å²) >= 11 is 0. The summed E-state index contributed by atoms with van der Waals surface area (Å²) in [4.78, 5) is 11.3. The molecule has 1 aromatic rings. The van der Waals surface area contributed by atoms with Gasteiger partial charge in [-0.2, -0.15) is 13.2 Å². The first kappa shape index (κ1) is 14.1. The Morgan fingerprint density at radius 2 is 1.89 bits per heavy atom. The first-order valence-electron chi connectivity index (χ1n) is 4.97. The standard InChI is InChI=1S/C12H10F3NO2/c13-12(14,15)8-16-11(18)10-5-3-9(4-6-10)2-1-7-17/h3-6,17H,7-8H2,(H,16,18). The Bertz CT molecular complexity index is 469. The minimum atomic E-state index is -4.43. The van der Waals surface area contributed by atoms with Crippen molar-refractivity contribution in [2.24, 2.45) is 0 Å². The second kappa shape index (κ2) is 6.07. The summed E-state index contributed by atoms with van der Waals surface area (Å²) in [5.41, 5.74) is 0.685. The van der Waals surface area contributed by atoms with Crippen LogP contribution in [0.3, 0.4) is 0 Å². The van der Waals surface area contributed by atoms with E-state index in [0.717, 1.165) is 0 Å². The maximum atomic E-state index is 11.9. The summed E-state index contributed by atoms with van der Waals surface area (Å²) in [6, 6.07) is 5.72. The van der Waals surface area contributed by atoms with E-state index in [2.05, 4.69) is 11.8 Å². The zero-order valence-corrected chi connectivity index (χ0v) is 9.21.